The van der Waals surface area contributed by atoms with Crippen molar-refractivity contribution in [2.24, 2.45) is 11.7 Å². The third-order valence-electron chi connectivity index (χ3n) is 4.21. The number of hydrogen-bond donors (Lipinski definition) is 3. The minimum Gasteiger partial charge on any atom is -0.369 e. The summed E-state index contributed by atoms with van der Waals surface area (Å²) in [4.78, 5) is 29.5. The van der Waals surface area contributed by atoms with Crippen LogP contribution in [-0.4, -0.2) is 54.9 Å². The fourth-order valence-electron chi connectivity index (χ4n) is 2.81. The number of rotatable bonds is 7. The molecule has 0 radical (unpaired) electrons. The number of aromatic nitrogens is 1. The van der Waals surface area contributed by atoms with Gasteiger partial charge in [-0.3, -0.25) is 9.59 Å². The van der Waals surface area contributed by atoms with Crippen molar-refractivity contribution in [2.75, 3.05) is 38.5 Å². The number of nitrogens with one attached hydrogen (secondary N) is 2. The summed E-state index contributed by atoms with van der Waals surface area (Å²) in [6, 6.07) is 3.50. The van der Waals surface area contributed by atoms with E-state index in [1.807, 2.05) is 0 Å². The Kier molecular flexibility index (Phi) is 6.34. The average molecular weight is 319 g/mol. The van der Waals surface area contributed by atoms with Gasteiger partial charge in [0.05, 0.1) is 5.56 Å². The van der Waals surface area contributed by atoms with Gasteiger partial charge in [0.1, 0.15) is 5.82 Å². The highest BCUT2D eigenvalue weighted by atomic mass is 16.2. The van der Waals surface area contributed by atoms with Gasteiger partial charge in [-0.25, -0.2) is 4.98 Å². The van der Waals surface area contributed by atoms with Crippen LogP contribution < -0.4 is 16.4 Å². The summed E-state index contributed by atoms with van der Waals surface area (Å²) in [6.07, 6.45) is 4.32. The van der Waals surface area contributed by atoms with E-state index >= 15 is 0 Å². The molecule has 7 heteroatoms. The van der Waals surface area contributed by atoms with Crippen molar-refractivity contribution in [2.45, 2.75) is 19.3 Å². The van der Waals surface area contributed by atoms with E-state index < -0.39 is 0 Å². The number of carbonyl (C=O) groups is 2. The third kappa shape index (κ3) is 4.92. The van der Waals surface area contributed by atoms with E-state index in [2.05, 4.69) is 20.5 Å². The first-order valence-electron chi connectivity index (χ1n) is 8.04. The van der Waals surface area contributed by atoms with Crippen molar-refractivity contribution >= 4 is 17.6 Å². The Balaban J connectivity index is 1.72. The van der Waals surface area contributed by atoms with E-state index in [0.29, 0.717) is 11.4 Å². The Morgan fingerprint density at radius 3 is 2.78 bits per heavy atom. The molecule has 1 saturated heterocycles. The maximum Gasteiger partial charge on any atom is 0.254 e. The topological polar surface area (TPSA) is 100 Å². The number of nitrogens with two attached hydrogens (primary N) is 1. The Morgan fingerprint density at radius 1 is 1.39 bits per heavy atom. The van der Waals surface area contributed by atoms with Crippen LogP contribution in [0.15, 0.2) is 18.3 Å². The van der Waals surface area contributed by atoms with E-state index in [-0.39, 0.29) is 17.7 Å². The number of amides is 2. The van der Waals surface area contributed by atoms with Crippen molar-refractivity contribution in [3.63, 3.8) is 0 Å². The van der Waals surface area contributed by atoms with Crippen LogP contribution in [0.4, 0.5) is 5.82 Å². The maximum atomic E-state index is 11.8. The lowest BCUT2D eigenvalue weighted by Gasteiger charge is -2.30. The summed E-state index contributed by atoms with van der Waals surface area (Å²) < 4.78 is 0. The lowest BCUT2D eigenvalue weighted by atomic mass is 9.96. The quantitative estimate of drug-likeness (QED) is 0.633. The lowest BCUT2D eigenvalue weighted by Crippen LogP contribution is -2.39. The maximum absolute atomic E-state index is 11.8. The lowest BCUT2D eigenvalue weighted by molar-refractivity contribution is -0.123. The normalized spacial score (nSPS) is 16.0. The minimum absolute atomic E-state index is 0.0352. The van der Waals surface area contributed by atoms with Crippen LogP contribution >= 0.6 is 0 Å². The number of primary amides is 1. The molecular weight excluding hydrogens is 294 g/mol. The molecule has 0 unspecified atom stereocenters. The molecule has 1 aromatic rings. The highest BCUT2D eigenvalue weighted by Crippen LogP contribution is 2.17. The van der Waals surface area contributed by atoms with Crippen LogP contribution in [0.1, 0.15) is 29.6 Å². The molecular formula is C16H25N5O2. The predicted molar refractivity (Wildman–Crippen MR) is 89.1 cm³/mol. The smallest absolute Gasteiger partial charge is 0.254 e. The van der Waals surface area contributed by atoms with E-state index in [1.54, 1.807) is 25.4 Å². The van der Waals surface area contributed by atoms with E-state index in [0.717, 1.165) is 45.4 Å². The third-order valence-corrected chi connectivity index (χ3v) is 4.21. The molecule has 0 saturated carbocycles. The first-order chi connectivity index (χ1) is 11.1. The summed E-state index contributed by atoms with van der Waals surface area (Å²) in [7, 11) is 1.61. The number of carbonyl (C=O) groups excluding carboxylic acids is 2. The number of likely N-dealkylation sites (tertiary alicyclic amines) is 1. The Bertz CT molecular complexity index is 541. The average Bonchev–Trinajstić information content (AvgIpc) is 2.58. The van der Waals surface area contributed by atoms with Gasteiger partial charge in [0, 0.05) is 25.7 Å². The Hall–Kier alpha value is -2.15. The molecule has 0 aliphatic carbocycles. The van der Waals surface area contributed by atoms with E-state index in [4.69, 9.17) is 5.73 Å². The van der Waals surface area contributed by atoms with Crippen molar-refractivity contribution in [1.29, 1.82) is 0 Å². The number of anilines is 1. The fourth-order valence-corrected chi connectivity index (χ4v) is 2.81. The Labute approximate surface area is 136 Å². The molecule has 0 atom stereocenters. The standard InChI is InChI=1S/C16H25N5O2/c1-18-16(23)13-4-2-7-19-15(13)20-8-3-9-21-10-5-12(6-11-21)14(17)22/h2,4,7,12H,3,5-6,8-11H2,1H3,(H2,17,22)(H,18,23)(H,19,20). The zero-order valence-electron chi connectivity index (χ0n) is 13.5. The second kappa shape index (κ2) is 8.47. The highest BCUT2D eigenvalue weighted by molar-refractivity contribution is 5.98. The van der Waals surface area contributed by atoms with E-state index in [1.165, 1.54) is 0 Å². The second-order valence-corrected chi connectivity index (χ2v) is 5.78. The molecule has 126 valence electrons. The molecule has 0 aromatic carbocycles. The molecule has 4 N–H and O–H groups in total. The van der Waals surface area contributed by atoms with Crippen LogP contribution in [0.3, 0.4) is 0 Å². The van der Waals surface area contributed by atoms with Crippen LogP contribution in [-0.2, 0) is 4.79 Å². The van der Waals surface area contributed by atoms with Crippen LogP contribution in [0, 0.1) is 5.92 Å². The van der Waals surface area contributed by atoms with Gasteiger partial charge in [0.25, 0.3) is 5.91 Å². The molecule has 0 bridgehead atoms. The first kappa shape index (κ1) is 17.2. The van der Waals surface area contributed by atoms with Gasteiger partial charge in [-0.15, -0.1) is 0 Å². The summed E-state index contributed by atoms with van der Waals surface area (Å²) in [5, 5.41) is 5.83. The predicted octanol–water partition coefficient (Wildman–Crippen LogP) is 0.441. The van der Waals surface area contributed by atoms with Crippen molar-refractivity contribution in [3.8, 4) is 0 Å². The van der Waals surface area contributed by atoms with Crippen molar-refractivity contribution in [1.82, 2.24) is 15.2 Å². The molecule has 2 amide bonds. The van der Waals surface area contributed by atoms with Crippen LogP contribution in [0.5, 0.6) is 0 Å². The number of hydrogen-bond acceptors (Lipinski definition) is 5. The van der Waals surface area contributed by atoms with Gasteiger partial charge in [0.15, 0.2) is 0 Å². The molecule has 0 spiro atoms. The van der Waals surface area contributed by atoms with E-state index in [9.17, 15) is 9.59 Å². The number of piperidine rings is 1. The molecule has 1 fully saturated rings. The summed E-state index contributed by atoms with van der Waals surface area (Å²) >= 11 is 0. The first-order valence-corrected chi connectivity index (χ1v) is 8.04. The zero-order valence-corrected chi connectivity index (χ0v) is 13.5. The monoisotopic (exact) mass is 319 g/mol. The highest BCUT2D eigenvalue weighted by Gasteiger charge is 2.22. The molecule has 1 aromatic heterocycles. The van der Waals surface area contributed by atoms with Crippen molar-refractivity contribution < 1.29 is 9.59 Å². The molecule has 2 rings (SSSR count). The minimum atomic E-state index is -0.178. The second-order valence-electron chi connectivity index (χ2n) is 5.78. The van der Waals surface area contributed by atoms with Gasteiger partial charge in [0.2, 0.25) is 5.91 Å². The van der Waals surface area contributed by atoms with Gasteiger partial charge in [-0.1, -0.05) is 0 Å². The molecule has 2 heterocycles. The van der Waals surface area contributed by atoms with Gasteiger partial charge < -0.3 is 21.3 Å². The van der Waals surface area contributed by atoms with Gasteiger partial charge in [-0.05, 0) is 51.0 Å². The molecule has 1 aliphatic rings. The zero-order chi connectivity index (χ0) is 16.7. The number of pyridine rings is 1. The van der Waals surface area contributed by atoms with Crippen molar-refractivity contribution in [3.05, 3.63) is 23.9 Å². The van der Waals surface area contributed by atoms with Gasteiger partial charge in [-0.2, -0.15) is 0 Å². The SMILES string of the molecule is CNC(=O)c1cccnc1NCCCN1CCC(C(N)=O)CC1. The summed E-state index contributed by atoms with van der Waals surface area (Å²) in [6.45, 7) is 3.54. The largest absolute Gasteiger partial charge is 0.369 e. The fraction of sp³-hybridized carbons (Fsp3) is 0.562. The number of nitrogens with zero attached hydrogens (tertiary/aromatic N) is 2. The summed E-state index contributed by atoms with van der Waals surface area (Å²) in [5.41, 5.74) is 5.89. The van der Waals surface area contributed by atoms with Crippen LogP contribution in [0.2, 0.25) is 0 Å². The molecule has 1 aliphatic heterocycles. The molecule has 7 nitrogen and oxygen atoms in total. The van der Waals surface area contributed by atoms with Crippen LogP contribution in [0.25, 0.3) is 0 Å². The Morgan fingerprint density at radius 2 is 2.13 bits per heavy atom. The van der Waals surface area contributed by atoms with Gasteiger partial charge >= 0.3 is 0 Å². The summed E-state index contributed by atoms with van der Waals surface area (Å²) in [5.74, 6) is 0.324. The molecule has 23 heavy (non-hydrogen) atoms.